The first-order chi connectivity index (χ1) is 3.93. The third kappa shape index (κ3) is 1.46. The average molecular weight is 116 g/mol. The molecule has 1 aliphatic rings. The third-order valence-corrected chi connectivity index (χ3v) is 1.75. The van der Waals surface area contributed by atoms with Gasteiger partial charge in [-0.2, -0.15) is 0 Å². The molecule has 1 rings (SSSR count). The van der Waals surface area contributed by atoms with Gasteiger partial charge >= 0.3 is 0 Å². The minimum absolute atomic E-state index is 0. The summed E-state index contributed by atoms with van der Waals surface area (Å²) in [6.07, 6.45) is 2.58. The van der Waals surface area contributed by atoms with Crippen molar-refractivity contribution in [3.8, 4) is 0 Å². The van der Waals surface area contributed by atoms with Gasteiger partial charge in [0.1, 0.15) is 0 Å². The third-order valence-electron chi connectivity index (χ3n) is 1.75. The van der Waals surface area contributed by atoms with E-state index in [-0.39, 0.29) is 1.43 Å². The second-order valence-electron chi connectivity index (χ2n) is 2.31. The SMILES string of the molecule is CNC1CCNCC1.[HH]. The van der Waals surface area contributed by atoms with Crippen molar-refractivity contribution in [3.63, 3.8) is 0 Å². The van der Waals surface area contributed by atoms with E-state index >= 15 is 0 Å². The van der Waals surface area contributed by atoms with Crippen LogP contribution in [0.1, 0.15) is 14.3 Å². The number of piperidine rings is 1. The average Bonchev–Trinajstić information content (AvgIpc) is 1.90. The second-order valence-corrected chi connectivity index (χ2v) is 2.31. The van der Waals surface area contributed by atoms with Crippen LogP contribution in [0.3, 0.4) is 0 Å². The van der Waals surface area contributed by atoms with Crippen molar-refractivity contribution in [1.29, 1.82) is 0 Å². The highest BCUT2D eigenvalue weighted by Crippen LogP contribution is 1.99. The van der Waals surface area contributed by atoms with Crippen LogP contribution in [-0.4, -0.2) is 26.2 Å². The van der Waals surface area contributed by atoms with E-state index in [4.69, 9.17) is 0 Å². The van der Waals surface area contributed by atoms with E-state index in [0.717, 1.165) is 6.04 Å². The van der Waals surface area contributed by atoms with Gasteiger partial charge in [-0.1, -0.05) is 0 Å². The van der Waals surface area contributed by atoms with Gasteiger partial charge in [0, 0.05) is 7.47 Å². The molecule has 1 fully saturated rings. The summed E-state index contributed by atoms with van der Waals surface area (Å²) in [7, 11) is 2.04. The quantitative estimate of drug-likeness (QED) is 0.511. The van der Waals surface area contributed by atoms with E-state index < -0.39 is 0 Å². The van der Waals surface area contributed by atoms with Crippen LogP contribution >= 0.6 is 0 Å². The molecule has 1 aliphatic heterocycles. The Morgan fingerprint density at radius 2 is 2.12 bits per heavy atom. The van der Waals surface area contributed by atoms with Gasteiger partial charge < -0.3 is 10.6 Å². The molecular weight excluding hydrogens is 100 g/mol. The van der Waals surface area contributed by atoms with E-state index in [1.54, 1.807) is 0 Å². The van der Waals surface area contributed by atoms with Crippen LogP contribution in [0, 0.1) is 0 Å². The fraction of sp³-hybridized carbons (Fsp3) is 1.00. The molecule has 2 nitrogen and oxygen atoms in total. The number of hydrogen-bond donors (Lipinski definition) is 2. The highest BCUT2D eigenvalue weighted by atomic mass is 14.9. The maximum Gasteiger partial charge on any atom is 0.00882 e. The zero-order chi connectivity index (χ0) is 5.82. The van der Waals surface area contributed by atoms with Crippen LogP contribution < -0.4 is 10.6 Å². The van der Waals surface area contributed by atoms with Crippen LogP contribution in [0.2, 0.25) is 0 Å². The fourth-order valence-electron chi connectivity index (χ4n) is 1.11. The van der Waals surface area contributed by atoms with Gasteiger partial charge in [0.2, 0.25) is 0 Å². The first-order valence-electron chi connectivity index (χ1n) is 3.31. The van der Waals surface area contributed by atoms with Crippen LogP contribution in [-0.2, 0) is 0 Å². The Balaban J connectivity index is 0.000000640. The highest BCUT2D eigenvalue weighted by Gasteiger charge is 2.08. The Morgan fingerprint density at radius 1 is 1.50 bits per heavy atom. The van der Waals surface area contributed by atoms with Gasteiger partial charge in [-0.05, 0) is 33.0 Å². The molecule has 0 saturated carbocycles. The number of nitrogens with one attached hydrogen (secondary N) is 2. The standard InChI is InChI=1S/C6H14N2.H2/c1-7-6-2-4-8-5-3-6;/h6-8H,2-5H2,1H3;1H. The summed E-state index contributed by atoms with van der Waals surface area (Å²) in [6, 6.07) is 0.774. The number of rotatable bonds is 1. The van der Waals surface area contributed by atoms with E-state index in [1.807, 2.05) is 7.05 Å². The summed E-state index contributed by atoms with van der Waals surface area (Å²) in [6.45, 7) is 2.37. The Bertz CT molecular complexity index is 62.1. The molecule has 8 heavy (non-hydrogen) atoms. The van der Waals surface area contributed by atoms with E-state index in [1.165, 1.54) is 25.9 Å². The molecule has 0 aromatic carbocycles. The van der Waals surface area contributed by atoms with Crippen molar-refractivity contribution in [1.82, 2.24) is 10.6 Å². The van der Waals surface area contributed by atoms with Crippen LogP contribution in [0.5, 0.6) is 0 Å². The number of hydrogen-bond acceptors (Lipinski definition) is 2. The molecule has 0 aromatic rings. The summed E-state index contributed by atoms with van der Waals surface area (Å²) in [5.41, 5.74) is 0. The van der Waals surface area contributed by atoms with Crippen molar-refractivity contribution in [3.05, 3.63) is 0 Å². The molecule has 2 N–H and O–H groups in total. The molecule has 0 unspecified atom stereocenters. The molecule has 0 amide bonds. The highest BCUT2D eigenvalue weighted by molar-refractivity contribution is 4.71. The maximum atomic E-state index is 3.31. The lowest BCUT2D eigenvalue weighted by Gasteiger charge is -2.21. The van der Waals surface area contributed by atoms with Gasteiger partial charge in [0.05, 0.1) is 0 Å². The molecule has 0 aromatic heterocycles. The van der Waals surface area contributed by atoms with Gasteiger partial charge in [-0.25, -0.2) is 0 Å². The molecule has 0 atom stereocenters. The monoisotopic (exact) mass is 116 g/mol. The first kappa shape index (κ1) is 6.05. The zero-order valence-electron chi connectivity index (χ0n) is 5.41. The summed E-state index contributed by atoms with van der Waals surface area (Å²) in [5.74, 6) is 0. The molecule has 0 aliphatic carbocycles. The van der Waals surface area contributed by atoms with Gasteiger partial charge in [-0.15, -0.1) is 0 Å². The summed E-state index contributed by atoms with van der Waals surface area (Å²) in [4.78, 5) is 0. The topological polar surface area (TPSA) is 24.1 Å². The Hall–Kier alpha value is -0.0800. The van der Waals surface area contributed by atoms with Crippen molar-refractivity contribution in [2.75, 3.05) is 20.1 Å². The Morgan fingerprint density at radius 3 is 2.50 bits per heavy atom. The molecule has 0 spiro atoms. The largest absolute Gasteiger partial charge is 0.317 e. The molecule has 1 heterocycles. The van der Waals surface area contributed by atoms with E-state index in [9.17, 15) is 0 Å². The fourth-order valence-corrected chi connectivity index (χ4v) is 1.11. The summed E-state index contributed by atoms with van der Waals surface area (Å²) < 4.78 is 0. The zero-order valence-corrected chi connectivity index (χ0v) is 5.41. The van der Waals surface area contributed by atoms with Crippen LogP contribution in [0.4, 0.5) is 0 Å². The lowest BCUT2D eigenvalue weighted by Crippen LogP contribution is -2.37. The maximum absolute atomic E-state index is 3.31. The minimum atomic E-state index is 0. The van der Waals surface area contributed by atoms with Gasteiger partial charge in [-0.3, -0.25) is 0 Å². The molecule has 0 radical (unpaired) electrons. The predicted molar refractivity (Wildman–Crippen MR) is 37.1 cm³/mol. The molecule has 0 bridgehead atoms. The lowest BCUT2D eigenvalue weighted by molar-refractivity contribution is 0.409. The lowest BCUT2D eigenvalue weighted by atomic mass is 10.1. The molecular formula is C6H16N2. The minimum Gasteiger partial charge on any atom is -0.317 e. The van der Waals surface area contributed by atoms with Crippen molar-refractivity contribution in [2.45, 2.75) is 18.9 Å². The van der Waals surface area contributed by atoms with Crippen LogP contribution in [0.25, 0.3) is 0 Å². The van der Waals surface area contributed by atoms with Crippen molar-refractivity contribution in [2.24, 2.45) is 0 Å². The van der Waals surface area contributed by atoms with E-state index in [0.29, 0.717) is 0 Å². The Kier molecular flexibility index (Phi) is 2.30. The van der Waals surface area contributed by atoms with E-state index in [2.05, 4.69) is 10.6 Å². The molecule has 2 heteroatoms. The van der Waals surface area contributed by atoms with Gasteiger partial charge in [0.15, 0.2) is 0 Å². The first-order valence-corrected chi connectivity index (χ1v) is 3.31. The second kappa shape index (κ2) is 3.05. The van der Waals surface area contributed by atoms with Crippen molar-refractivity contribution < 1.29 is 1.43 Å². The van der Waals surface area contributed by atoms with Crippen molar-refractivity contribution >= 4 is 0 Å². The Labute approximate surface area is 52.1 Å². The summed E-state index contributed by atoms with van der Waals surface area (Å²) in [5, 5.41) is 6.57. The predicted octanol–water partition coefficient (Wildman–Crippen LogP) is 0.204. The van der Waals surface area contributed by atoms with Gasteiger partial charge in [0.25, 0.3) is 0 Å². The normalized spacial score (nSPS) is 23.6. The van der Waals surface area contributed by atoms with Crippen LogP contribution in [0.15, 0.2) is 0 Å². The summed E-state index contributed by atoms with van der Waals surface area (Å²) >= 11 is 0. The molecule has 1 saturated heterocycles. The smallest absolute Gasteiger partial charge is 0.00882 e. The molecule has 50 valence electrons.